The van der Waals surface area contributed by atoms with Gasteiger partial charge in [-0.25, -0.2) is 5.43 Å². The normalized spacial score (nSPS) is 10.7. The summed E-state index contributed by atoms with van der Waals surface area (Å²) in [5.74, 6) is 1.47. The topological polar surface area (TPSA) is 69.2 Å². The highest BCUT2D eigenvalue weighted by atomic mass is 127. The van der Waals surface area contributed by atoms with E-state index in [9.17, 15) is 4.79 Å². The van der Waals surface area contributed by atoms with E-state index in [-0.39, 0.29) is 5.91 Å². The molecule has 0 aliphatic rings. The number of nitrogens with zero attached hydrogens (tertiary/aromatic N) is 1. The van der Waals surface area contributed by atoms with Crippen molar-refractivity contribution in [1.82, 2.24) is 5.43 Å². The van der Waals surface area contributed by atoms with E-state index in [1.165, 1.54) is 6.21 Å². The van der Waals surface area contributed by atoms with Crippen molar-refractivity contribution in [2.75, 3.05) is 14.2 Å². The minimum absolute atomic E-state index is 0.333. The minimum atomic E-state index is -0.333. The van der Waals surface area contributed by atoms with E-state index in [2.05, 4.69) is 33.1 Å². The number of hydrogen-bond donors (Lipinski definition) is 1. The first-order chi connectivity index (χ1) is 15.0. The molecule has 3 aromatic carbocycles. The monoisotopic (exact) mass is 550 g/mol. The fourth-order valence-corrected chi connectivity index (χ4v) is 3.34. The van der Waals surface area contributed by atoms with Crippen LogP contribution in [0.5, 0.6) is 17.2 Å². The number of ether oxygens (including phenoxy) is 3. The van der Waals surface area contributed by atoms with Crippen LogP contribution >= 0.6 is 34.2 Å². The molecule has 0 radical (unpaired) electrons. The number of amides is 1. The largest absolute Gasteiger partial charge is 0.496 e. The molecule has 0 aliphatic carbocycles. The number of methoxy groups -OCH3 is 2. The molecular weight excluding hydrogens is 531 g/mol. The Morgan fingerprint density at radius 3 is 2.45 bits per heavy atom. The van der Waals surface area contributed by atoms with Crippen LogP contribution in [0, 0.1) is 3.57 Å². The third-order valence-electron chi connectivity index (χ3n) is 4.29. The Kier molecular flexibility index (Phi) is 8.13. The Morgan fingerprint density at radius 1 is 1.00 bits per heavy atom. The highest BCUT2D eigenvalue weighted by molar-refractivity contribution is 14.1. The molecule has 0 aromatic heterocycles. The van der Waals surface area contributed by atoms with E-state index in [1.807, 2.05) is 36.4 Å². The van der Waals surface area contributed by atoms with Gasteiger partial charge in [-0.05, 0) is 82.2 Å². The molecule has 0 saturated carbocycles. The van der Waals surface area contributed by atoms with Crippen LogP contribution in [0.3, 0.4) is 0 Å². The van der Waals surface area contributed by atoms with Crippen LogP contribution in [0.1, 0.15) is 21.5 Å². The summed E-state index contributed by atoms with van der Waals surface area (Å²) in [4.78, 5) is 12.3. The van der Waals surface area contributed by atoms with Crippen molar-refractivity contribution in [2.45, 2.75) is 6.61 Å². The summed E-state index contributed by atoms with van der Waals surface area (Å²) in [7, 11) is 3.13. The van der Waals surface area contributed by atoms with Gasteiger partial charge in [-0.15, -0.1) is 0 Å². The molecule has 0 bridgehead atoms. The maximum absolute atomic E-state index is 12.3. The smallest absolute Gasteiger partial charge is 0.271 e. The molecule has 3 rings (SSSR count). The molecule has 0 atom stereocenters. The van der Waals surface area contributed by atoms with E-state index >= 15 is 0 Å². The van der Waals surface area contributed by atoms with Gasteiger partial charge in [-0.3, -0.25) is 4.79 Å². The molecule has 3 aromatic rings. The SMILES string of the molecule is COc1cc(C(=O)N/N=C\c2ccc(OCc3ccc(Cl)cc3)c(OC)c2)ccc1I. The second kappa shape index (κ2) is 11.0. The summed E-state index contributed by atoms with van der Waals surface area (Å²) in [6, 6.07) is 18.0. The van der Waals surface area contributed by atoms with Gasteiger partial charge in [-0.1, -0.05) is 23.7 Å². The van der Waals surface area contributed by atoms with Gasteiger partial charge in [0, 0.05) is 10.6 Å². The predicted molar refractivity (Wildman–Crippen MR) is 130 cm³/mol. The Morgan fingerprint density at radius 2 is 1.74 bits per heavy atom. The van der Waals surface area contributed by atoms with E-state index in [4.69, 9.17) is 25.8 Å². The molecule has 31 heavy (non-hydrogen) atoms. The van der Waals surface area contributed by atoms with Crippen molar-refractivity contribution in [3.63, 3.8) is 0 Å². The summed E-state index contributed by atoms with van der Waals surface area (Å²) in [5, 5.41) is 4.71. The van der Waals surface area contributed by atoms with Crippen LogP contribution in [0.15, 0.2) is 65.8 Å². The Labute approximate surface area is 199 Å². The highest BCUT2D eigenvalue weighted by Crippen LogP contribution is 2.28. The lowest BCUT2D eigenvalue weighted by Gasteiger charge is -2.11. The molecule has 0 spiro atoms. The zero-order valence-electron chi connectivity index (χ0n) is 16.9. The lowest BCUT2D eigenvalue weighted by atomic mass is 10.2. The average Bonchev–Trinajstić information content (AvgIpc) is 2.79. The third kappa shape index (κ3) is 6.35. The van der Waals surface area contributed by atoms with Crippen LogP contribution < -0.4 is 19.6 Å². The molecule has 8 heteroatoms. The fraction of sp³-hybridized carbons (Fsp3) is 0.130. The van der Waals surface area contributed by atoms with Gasteiger partial charge in [0.25, 0.3) is 5.91 Å². The molecule has 1 N–H and O–H groups in total. The van der Waals surface area contributed by atoms with E-state index in [0.717, 1.165) is 14.7 Å². The van der Waals surface area contributed by atoms with Crippen molar-refractivity contribution in [1.29, 1.82) is 0 Å². The predicted octanol–water partition coefficient (Wildman–Crippen LogP) is 5.30. The lowest BCUT2D eigenvalue weighted by molar-refractivity contribution is 0.0954. The first-order valence-corrected chi connectivity index (χ1v) is 10.7. The van der Waals surface area contributed by atoms with Gasteiger partial charge in [0.1, 0.15) is 12.4 Å². The molecule has 160 valence electrons. The van der Waals surface area contributed by atoms with E-state index < -0.39 is 0 Å². The van der Waals surface area contributed by atoms with Gasteiger partial charge in [0.05, 0.1) is 24.0 Å². The second-order valence-corrected chi connectivity index (χ2v) is 7.97. The summed E-state index contributed by atoms with van der Waals surface area (Å²) >= 11 is 8.05. The van der Waals surface area contributed by atoms with Crippen LogP contribution in [-0.4, -0.2) is 26.3 Å². The number of halogens is 2. The van der Waals surface area contributed by atoms with Gasteiger partial charge < -0.3 is 14.2 Å². The number of carbonyl (C=O) groups excluding carboxylic acids is 1. The Hall–Kier alpha value is -2.78. The number of hydrazone groups is 1. The highest BCUT2D eigenvalue weighted by Gasteiger charge is 2.09. The third-order valence-corrected chi connectivity index (χ3v) is 5.43. The average molecular weight is 551 g/mol. The number of benzene rings is 3. The van der Waals surface area contributed by atoms with E-state index in [1.54, 1.807) is 38.5 Å². The molecule has 1 amide bonds. The van der Waals surface area contributed by atoms with Crippen molar-refractivity contribution in [3.05, 3.63) is 85.9 Å². The first-order valence-electron chi connectivity index (χ1n) is 9.22. The number of carbonyl (C=O) groups is 1. The zero-order valence-corrected chi connectivity index (χ0v) is 19.8. The van der Waals surface area contributed by atoms with E-state index in [0.29, 0.717) is 34.4 Å². The van der Waals surface area contributed by atoms with Crippen LogP contribution in [-0.2, 0) is 6.61 Å². The van der Waals surface area contributed by atoms with Crippen molar-refractivity contribution in [3.8, 4) is 17.2 Å². The van der Waals surface area contributed by atoms with Crippen LogP contribution in [0.25, 0.3) is 0 Å². The summed E-state index contributed by atoms with van der Waals surface area (Å²) in [5.41, 5.74) is 4.71. The Balaban J connectivity index is 1.63. The maximum atomic E-state index is 12.3. The van der Waals surface area contributed by atoms with Crippen molar-refractivity contribution < 1.29 is 19.0 Å². The number of nitrogens with one attached hydrogen (secondary N) is 1. The zero-order chi connectivity index (χ0) is 22.2. The summed E-state index contributed by atoms with van der Waals surface area (Å²) in [6.45, 7) is 0.385. The van der Waals surface area contributed by atoms with Crippen molar-refractivity contribution >= 4 is 46.3 Å². The molecule has 0 saturated heterocycles. The summed E-state index contributed by atoms with van der Waals surface area (Å²) in [6.07, 6.45) is 1.54. The molecule has 6 nitrogen and oxygen atoms in total. The van der Waals surface area contributed by atoms with Crippen LogP contribution in [0.2, 0.25) is 5.02 Å². The summed E-state index contributed by atoms with van der Waals surface area (Å²) < 4.78 is 17.4. The molecule has 0 aliphatic heterocycles. The molecule has 0 heterocycles. The fourth-order valence-electron chi connectivity index (χ4n) is 2.66. The van der Waals surface area contributed by atoms with Gasteiger partial charge in [0.15, 0.2) is 11.5 Å². The second-order valence-electron chi connectivity index (χ2n) is 6.37. The first kappa shape index (κ1) is 22.9. The Bertz CT molecular complexity index is 1090. The van der Waals surface area contributed by atoms with Gasteiger partial charge >= 0.3 is 0 Å². The number of hydrogen-bond acceptors (Lipinski definition) is 5. The molecular formula is C23H20ClIN2O4. The van der Waals surface area contributed by atoms with Crippen LogP contribution in [0.4, 0.5) is 0 Å². The maximum Gasteiger partial charge on any atom is 0.271 e. The molecule has 0 fully saturated rings. The standard InChI is InChI=1S/C23H20ClIN2O4/c1-29-21-12-17(6-9-19(21)25)23(28)27-26-13-16-5-10-20(22(11-16)30-2)31-14-15-3-7-18(24)8-4-15/h3-13H,14H2,1-2H3,(H,27,28)/b26-13-. The molecule has 0 unspecified atom stereocenters. The van der Waals surface area contributed by atoms with Gasteiger partial charge in [0.2, 0.25) is 0 Å². The van der Waals surface area contributed by atoms with Crippen molar-refractivity contribution in [2.24, 2.45) is 5.10 Å². The minimum Gasteiger partial charge on any atom is -0.496 e. The number of rotatable bonds is 8. The van der Waals surface area contributed by atoms with Gasteiger partial charge in [-0.2, -0.15) is 5.10 Å². The lowest BCUT2D eigenvalue weighted by Crippen LogP contribution is -2.17. The quantitative estimate of drug-likeness (QED) is 0.235.